The van der Waals surface area contributed by atoms with Crippen molar-refractivity contribution in [2.75, 3.05) is 33.3 Å². The van der Waals surface area contributed by atoms with Crippen LogP contribution in [0.3, 0.4) is 0 Å². The van der Waals surface area contributed by atoms with E-state index >= 15 is 0 Å². The zero-order chi connectivity index (χ0) is 20.4. The minimum atomic E-state index is -0.370. The SMILES string of the molecule is COc1ccc2oc(=O)cc(CN3CCN(C(=O)c4ccccc4Cl)CC3)c2c1. The highest BCUT2D eigenvalue weighted by atomic mass is 35.5. The number of amides is 1. The lowest BCUT2D eigenvalue weighted by Crippen LogP contribution is -2.48. The normalized spacial score (nSPS) is 14.9. The van der Waals surface area contributed by atoms with Crippen molar-refractivity contribution in [1.29, 1.82) is 0 Å². The minimum Gasteiger partial charge on any atom is -0.497 e. The summed E-state index contributed by atoms with van der Waals surface area (Å²) < 4.78 is 10.6. The molecular formula is C22H21ClN2O4. The Bertz CT molecular complexity index is 1100. The van der Waals surface area contributed by atoms with Crippen LogP contribution in [0, 0.1) is 0 Å². The van der Waals surface area contributed by atoms with Crippen LogP contribution < -0.4 is 10.4 Å². The second kappa shape index (κ2) is 8.27. The number of nitrogens with zero attached hydrogens (tertiary/aromatic N) is 2. The predicted molar refractivity (Wildman–Crippen MR) is 112 cm³/mol. The molecule has 1 fully saturated rings. The van der Waals surface area contributed by atoms with Gasteiger partial charge in [-0.3, -0.25) is 9.69 Å². The summed E-state index contributed by atoms with van der Waals surface area (Å²) in [5.41, 5.74) is 1.59. The Kier molecular flexibility index (Phi) is 5.56. The summed E-state index contributed by atoms with van der Waals surface area (Å²) in [6.45, 7) is 3.23. The van der Waals surface area contributed by atoms with Crippen molar-refractivity contribution in [3.8, 4) is 5.75 Å². The molecular weight excluding hydrogens is 392 g/mol. The Morgan fingerprint density at radius 2 is 1.86 bits per heavy atom. The van der Waals surface area contributed by atoms with Gasteiger partial charge in [-0.2, -0.15) is 0 Å². The van der Waals surface area contributed by atoms with Gasteiger partial charge in [-0.15, -0.1) is 0 Å². The van der Waals surface area contributed by atoms with Gasteiger partial charge < -0.3 is 14.1 Å². The van der Waals surface area contributed by atoms with Crippen molar-refractivity contribution in [3.63, 3.8) is 0 Å². The van der Waals surface area contributed by atoms with Gasteiger partial charge in [0, 0.05) is 44.2 Å². The first kappa shape index (κ1) is 19.5. The molecule has 7 heteroatoms. The van der Waals surface area contributed by atoms with Crippen molar-refractivity contribution in [2.45, 2.75) is 6.54 Å². The van der Waals surface area contributed by atoms with Crippen LogP contribution in [0.4, 0.5) is 0 Å². The van der Waals surface area contributed by atoms with E-state index in [2.05, 4.69) is 4.90 Å². The van der Waals surface area contributed by atoms with Crippen LogP contribution in [-0.4, -0.2) is 49.0 Å². The van der Waals surface area contributed by atoms with E-state index in [1.54, 1.807) is 31.4 Å². The van der Waals surface area contributed by atoms with Gasteiger partial charge in [0.05, 0.1) is 17.7 Å². The topological polar surface area (TPSA) is 63.0 Å². The second-order valence-electron chi connectivity index (χ2n) is 7.00. The first-order chi connectivity index (χ1) is 14.0. The van der Waals surface area contributed by atoms with Crippen LogP contribution >= 0.6 is 11.6 Å². The average Bonchev–Trinajstić information content (AvgIpc) is 2.74. The van der Waals surface area contributed by atoms with E-state index in [-0.39, 0.29) is 11.5 Å². The molecule has 2 aromatic carbocycles. The highest BCUT2D eigenvalue weighted by Gasteiger charge is 2.24. The largest absolute Gasteiger partial charge is 0.497 e. The maximum Gasteiger partial charge on any atom is 0.336 e. The monoisotopic (exact) mass is 412 g/mol. The summed E-state index contributed by atoms with van der Waals surface area (Å²) in [4.78, 5) is 28.7. The fourth-order valence-electron chi connectivity index (χ4n) is 3.62. The third-order valence-corrected chi connectivity index (χ3v) is 5.52. The molecule has 1 amide bonds. The summed E-state index contributed by atoms with van der Waals surface area (Å²) >= 11 is 6.16. The molecule has 1 saturated heterocycles. The lowest BCUT2D eigenvalue weighted by Gasteiger charge is -2.35. The minimum absolute atomic E-state index is 0.0502. The quantitative estimate of drug-likeness (QED) is 0.614. The molecule has 0 saturated carbocycles. The molecule has 0 bridgehead atoms. The number of rotatable bonds is 4. The van der Waals surface area contributed by atoms with Crippen LogP contribution in [0.15, 0.2) is 57.7 Å². The zero-order valence-electron chi connectivity index (χ0n) is 16.1. The van der Waals surface area contributed by atoms with Crippen molar-refractivity contribution in [1.82, 2.24) is 9.80 Å². The smallest absolute Gasteiger partial charge is 0.336 e. The second-order valence-corrected chi connectivity index (χ2v) is 7.41. The molecule has 0 atom stereocenters. The highest BCUT2D eigenvalue weighted by molar-refractivity contribution is 6.33. The maximum atomic E-state index is 12.7. The van der Waals surface area contributed by atoms with E-state index in [1.807, 2.05) is 23.1 Å². The molecule has 0 unspecified atom stereocenters. The first-order valence-electron chi connectivity index (χ1n) is 9.42. The van der Waals surface area contributed by atoms with Crippen molar-refractivity contribution < 1.29 is 13.9 Å². The summed E-state index contributed by atoms with van der Waals surface area (Å²) in [6, 6.07) is 14.0. The molecule has 0 spiro atoms. The number of methoxy groups -OCH3 is 1. The number of carbonyl (C=O) groups excluding carboxylic acids is 1. The van der Waals surface area contributed by atoms with Gasteiger partial charge in [-0.1, -0.05) is 23.7 Å². The number of ether oxygens (including phenoxy) is 1. The molecule has 4 rings (SSSR count). The number of benzene rings is 2. The molecule has 0 N–H and O–H groups in total. The number of fused-ring (bicyclic) bond motifs is 1. The van der Waals surface area contributed by atoms with E-state index in [0.29, 0.717) is 54.6 Å². The Labute approximate surface area is 173 Å². The summed E-state index contributed by atoms with van der Waals surface area (Å²) in [5, 5.41) is 1.33. The summed E-state index contributed by atoms with van der Waals surface area (Å²) in [6.07, 6.45) is 0. The van der Waals surface area contributed by atoms with Crippen LogP contribution in [-0.2, 0) is 6.54 Å². The molecule has 29 heavy (non-hydrogen) atoms. The average molecular weight is 413 g/mol. The lowest BCUT2D eigenvalue weighted by atomic mass is 10.1. The van der Waals surface area contributed by atoms with Gasteiger partial charge in [-0.25, -0.2) is 4.79 Å². The Morgan fingerprint density at radius 3 is 2.59 bits per heavy atom. The van der Waals surface area contributed by atoms with Gasteiger partial charge in [0.25, 0.3) is 5.91 Å². The molecule has 0 radical (unpaired) electrons. The van der Waals surface area contributed by atoms with Crippen LogP contribution in [0.2, 0.25) is 5.02 Å². The van der Waals surface area contributed by atoms with Crippen molar-refractivity contribution >= 4 is 28.5 Å². The standard InChI is InChI=1S/C22H21ClN2O4/c1-28-16-6-7-20-18(13-16)15(12-21(26)29-20)14-24-8-10-25(11-9-24)22(27)17-4-2-3-5-19(17)23/h2-7,12-13H,8-11,14H2,1H3. The number of carbonyl (C=O) groups is 1. The number of piperazine rings is 1. The molecule has 2 heterocycles. The number of hydrogen-bond donors (Lipinski definition) is 0. The molecule has 1 aliphatic rings. The van der Waals surface area contributed by atoms with Crippen LogP contribution in [0.1, 0.15) is 15.9 Å². The number of halogens is 1. The zero-order valence-corrected chi connectivity index (χ0v) is 16.8. The van der Waals surface area contributed by atoms with Crippen molar-refractivity contribution in [2.24, 2.45) is 0 Å². The van der Waals surface area contributed by atoms with Crippen LogP contribution in [0.5, 0.6) is 5.75 Å². The van der Waals surface area contributed by atoms with Gasteiger partial charge in [0.15, 0.2) is 0 Å². The molecule has 6 nitrogen and oxygen atoms in total. The maximum absolute atomic E-state index is 12.7. The van der Waals surface area contributed by atoms with Gasteiger partial charge in [0.1, 0.15) is 11.3 Å². The first-order valence-corrected chi connectivity index (χ1v) is 9.80. The van der Waals surface area contributed by atoms with E-state index in [4.69, 9.17) is 20.8 Å². The molecule has 1 aliphatic heterocycles. The lowest BCUT2D eigenvalue weighted by molar-refractivity contribution is 0.0629. The Balaban J connectivity index is 1.48. The van der Waals surface area contributed by atoms with Gasteiger partial charge >= 0.3 is 5.63 Å². The van der Waals surface area contributed by atoms with Crippen molar-refractivity contribution in [3.05, 3.63) is 75.1 Å². The fourth-order valence-corrected chi connectivity index (χ4v) is 3.84. The third kappa shape index (κ3) is 4.13. The van der Waals surface area contributed by atoms with E-state index in [0.717, 1.165) is 10.9 Å². The van der Waals surface area contributed by atoms with Gasteiger partial charge in [0.2, 0.25) is 0 Å². The van der Waals surface area contributed by atoms with E-state index in [9.17, 15) is 9.59 Å². The Morgan fingerprint density at radius 1 is 1.10 bits per heavy atom. The van der Waals surface area contributed by atoms with Gasteiger partial charge in [-0.05, 0) is 35.9 Å². The Hall–Kier alpha value is -2.83. The number of hydrogen-bond acceptors (Lipinski definition) is 5. The molecule has 3 aromatic rings. The molecule has 1 aromatic heterocycles. The van der Waals surface area contributed by atoms with Crippen LogP contribution in [0.25, 0.3) is 11.0 Å². The summed E-state index contributed by atoms with van der Waals surface area (Å²) in [7, 11) is 1.61. The highest BCUT2D eigenvalue weighted by Crippen LogP contribution is 2.24. The fraction of sp³-hybridized carbons (Fsp3) is 0.273. The van der Waals surface area contributed by atoms with E-state index < -0.39 is 0 Å². The molecule has 0 aliphatic carbocycles. The van der Waals surface area contributed by atoms with E-state index in [1.165, 1.54) is 6.07 Å². The predicted octanol–water partition coefficient (Wildman–Crippen LogP) is 3.41. The summed E-state index contributed by atoms with van der Waals surface area (Å²) in [5.74, 6) is 0.661. The third-order valence-electron chi connectivity index (χ3n) is 5.19. The molecule has 150 valence electrons.